The number of allylic oxidation sites excluding steroid dienone is 2. The van der Waals surface area contributed by atoms with Crippen molar-refractivity contribution in [2.24, 2.45) is 11.3 Å². The van der Waals surface area contributed by atoms with Crippen LogP contribution in [0.4, 0.5) is 0 Å². The Balaban J connectivity index is 3.80. The molecule has 0 aliphatic rings. The van der Waals surface area contributed by atoms with E-state index >= 15 is 0 Å². The zero-order chi connectivity index (χ0) is 11.2. The fourth-order valence-electron chi connectivity index (χ4n) is 1.35. The van der Waals surface area contributed by atoms with Gasteiger partial charge in [0, 0.05) is 6.61 Å². The Labute approximate surface area is 88.5 Å². The molecular formula is C13H24O. The SMILES string of the molecule is C=C(C/C=C/C(C)CO)CC(C)(C)C. The third kappa shape index (κ3) is 8.06. The summed E-state index contributed by atoms with van der Waals surface area (Å²) in [6.07, 6.45) is 6.15. The van der Waals surface area contributed by atoms with Crippen molar-refractivity contribution in [1.82, 2.24) is 0 Å². The number of hydrogen-bond donors (Lipinski definition) is 1. The average molecular weight is 196 g/mol. The first-order valence-electron chi connectivity index (χ1n) is 5.29. The molecule has 0 rings (SSSR count). The summed E-state index contributed by atoms with van der Waals surface area (Å²) in [4.78, 5) is 0. The molecule has 1 nitrogen and oxygen atoms in total. The largest absolute Gasteiger partial charge is 0.396 e. The lowest BCUT2D eigenvalue weighted by atomic mass is 9.87. The number of aliphatic hydroxyl groups excluding tert-OH is 1. The smallest absolute Gasteiger partial charge is 0.0491 e. The van der Waals surface area contributed by atoms with E-state index in [0.29, 0.717) is 5.41 Å². The third-order valence-corrected chi connectivity index (χ3v) is 1.94. The molecule has 0 aliphatic carbocycles. The molecule has 0 aliphatic heterocycles. The molecule has 0 aromatic heterocycles. The van der Waals surface area contributed by atoms with Crippen molar-refractivity contribution in [2.45, 2.75) is 40.5 Å². The molecule has 0 saturated heterocycles. The van der Waals surface area contributed by atoms with Gasteiger partial charge in [-0.15, -0.1) is 0 Å². The van der Waals surface area contributed by atoms with Crippen molar-refractivity contribution >= 4 is 0 Å². The van der Waals surface area contributed by atoms with Gasteiger partial charge in [0.15, 0.2) is 0 Å². The highest BCUT2D eigenvalue weighted by Crippen LogP contribution is 2.24. The van der Waals surface area contributed by atoms with Crippen LogP contribution in [0.25, 0.3) is 0 Å². The van der Waals surface area contributed by atoms with E-state index < -0.39 is 0 Å². The van der Waals surface area contributed by atoms with E-state index in [1.54, 1.807) is 0 Å². The topological polar surface area (TPSA) is 20.2 Å². The molecule has 0 aromatic carbocycles. The Bertz CT molecular complexity index is 196. The van der Waals surface area contributed by atoms with Crippen LogP contribution in [0.3, 0.4) is 0 Å². The molecular weight excluding hydrogens is 172 g/mol. The van der Waals surface area contributed by atoms with Crippen molar-refractivity contribution in [2.75, 3.05) is 6.61 Å². The van der Waals surface area contributed by atoms with Crippen LogP contribution in [0.15, 0.2) is 24.3 Å². The molecule has 0 aromatic rings. The molecule has 1 atom stereocenters. The van der Waals surface area contributed by atoms with E-state index in [4.69, 9.17) is 5.11 Å². The quantitative estimate of drug-likeness (QED) is 0.667. The molecule has 0 spiro atoms. The summed E-state index contributed by atoms with van der Waals surface area (Å²) < 4.78 is 0. The van der Waals surface area contributed by atoms with Crippen LogP contribution >= 0.6 is 0 Å². The minimum atomic E-state index is 0.224. The van der Waals surface area contributed by atoms with Crippen molar-refractivity contribution in [3.8, 4) is 0 Å². The van der Waals surface area contributed by atoms with Crippen LogP contribution in [-0.4, -0.2) is 11.7 Å². The first-order valence-corrected chi connectivity index (χ1v) is 5.29. The van der Waals surface area contributed by atoms with Gasteiger partial charge in [-0.1, -0.05) is 52.0 Å². The van der Waals surface area contributed by atoms with E-state index in [1.165, 1.54) is 5.57 Å². The van der Waals surface area contributed by atoms with Gasteiger partial charge in [-0.25, -0.2) is 0 Å². The Morgan fingerprint density at radius 3 is 2.43 bits per heavy atom. The summed E-state index contributed by atoms with van der Waals surface area (Å²) in [6, 6.07) is 0. The zero-order valence-electron chi connectivity index (χ0n) is 10.0. The second-order valence-corrected chi connectivity index (χ2v) is 5.28. The van der Waals surface area contributed by atoms with Gasteiger partial charge in [0.1, 0.15) is 0 Å². The lowest BCUT2D eigenvalue weighted by molar-refractivity contribution is 0.262. The van der Waals surface area contributed by atoms with Gasteiger partial charge >= 0.3 is 0 Å². The summed E-state index contributed by atoms with van der Waals surface area (Å²) in [5.74, 6) is 0.262. The summed E-state index contributed by atoms with van der Waals surface area (Å²) in [5, 5.41) is 8.81. The molecule has 0 amide bonds. The summed E-state index contributed by atoms with van der Waals surface area (Å²) in [5.41, 5.74) is 1.59. The first kappa shape index (κ1) is 13.4. The minimum Gasteiger partial charge on any atom is -0.396 e. The van der Waals surface area contributed by atoms with Gasteiger partial charge in [0.25, 0.3) is 0 Å². The molecule has 14 heavy (non-hydrogen) atoms. The first-order chi connectivity index (χ1) is 6.35. The molecule has 0 bridgehead atoms. The number of rotatable bonds is 5. The summed E-state index contributed by atoms with van der Waals surface area (Å²) in [6.45, 7) is 12.9. The molecule has 0 heterocycles. The highest BCUT2D eigenvalue weighted by atomic mass is 16.3. The van der Waals surface area contributed by atoms with E-state index in [2.05, 4.69) is 33.4 Å². The predicted molar refractivity (Wildman–Crippen MR) is 63.2 cm³/mol. The molecule has 0 radical (unpaired) electrons. The summed E-state index contributed by atoms with van der Waals surface area (Å²) >= 11 is 0. The molecule has 1 N–H and O–H groups in total. The Hall–Kier alpha value is -0.560. The van der Waals surface area contributed by atoms with E-state index in [0.717, 1.165) is 12.8 Å². The van der Waals surface area contributed by atoms with E-state index in [-0.39, 0.29) is 12.5 Å². The van der Waals surface area contributed by atoms with Gasteiger partial charge in [-0.05, 0) is 24.2 Å². The minimum absolute atomic E-state index is 0.224. The Morgan fingerprint density at radius 1 is 1.43 bits per heavy atom. The highest BCUT2D eigenvalue weighted by molar-refractivity contribution is 5.05. The third-order valence-electron chi connectivity index (χ3n) is 1.94. The molecule has 1 unspecified atom stereocenters. The van der Waals surface area contributed by atoms with Crippen LogP contribution in [-0.2, 0) is 0 Å². The van der Waals surface area contributed by atoms with Gasteiger partial charge in [0.05, 0.1) is 0 Å². The van der Waals surface area contributed by atoms with Crippen LogP contribution in [0, 0.1) is 11.3 Å². The molecule has 0 fully saturated rings. The monoisotopic (exact) mass is 196 g/mol. The zero-order valence-corrected chi connectivity index (χ0v) is 10.0. The fourth-order valence-corrected chi connectivity index (χ4v) is 1.35. The van der Waals surface area contributed by atoms with Gasteiger partial charge in [0.2, 0.25) is 0 Å². The van der Waals surface area contributed by atoms with Gasteiger partial charge < -0.3 is 5.11 Å². The summed E-state index contributed by atoms with van der Waals surface area (Å²) in [7, 11) is 0. The van der Waals surface area contributed by atoms with E-state index in [1.807, 2.05) is 13.0 Å². The van der Waals surface area contributed by atoms with Crippen molar-refractivity contribution in [1.29, 1.82) is 0 Å². The maximum absolute atomic E-state index is 8.81. The highest BCUT2D eigenvalue weighted by Gasteiger charge is 2.10. The molecule has 0 saturated carbocycles. The van der Waals surface area contributed by atoms with Crippen molar-refractivity contribution in [3.05, 3.63) is 24.3 Å². The maximum Gasteiger partial charge on any atom is 0.0491 e. The maximum atomic E-state index is 8.81. The standard InChI is InChI=1S/C13H24O/c1-11(9-13(3,4)5)7-6-8-12(2)10-14/h6,8,12,14H,1,7,9-10H2,2-5H3/b8-6+. The van der Waals surface area contributed by atoms with Gasteiger partial charge in [-0.3, -0.25) is 0 Å². The molecule has 1 heteroatoms. The van der Waals surface area contributed by atoms with Crippen molar-refractivity contribution in [3.63, 3.8) is 0 Å². The van der Waals surface area contributed by atoms with Crippen molar-refractivity contribution < 1.29 is 5.11 Å². The number of hydrogen-bond acceptors (Lipinski definition) is 1. The lowest BCUT2D eigenvalue weighted by Gasteiger charge is -2.18. The molecule has 82 valence electrons. The second-order valence-electron chi connectivity index (χ2n) is 5.28. The van der Waals surface area contributed by atoms with Crippen LogP contribution in [0.5, 0.6) is 0 Å². The predicted octanol–water partition coefficient (Wildman–Crippen LogP) is 3.55. The van der Waals surface area contributed by atoms with Gasteiger partial charge in [-0.2, -0.15) is 0 Å². The second kappa shape index (κ2) is 6.02. The number of aliphatic hydroxyl groups is 1. The van der Waals surface area contributed by atoms with Crippen LogP contribution in [0.2, 0.25) is 0 Å². The van der Waals surface area contributed by atoms with E-state index in [9.17, 15) is 0 Å². The Kier molecular flexibility index (Phi) is 5.78. The normalized spacial score (nSPS) is 14.6. The Morgan fingerprint density at radius 2 is 2.00 bits per heavy atom. The average Bonchev–Trinajstić information content (AvgIpc) is 2.00. The van der Waals surface area contributed by atoms with Crippen LogP contribution in [0.1, 0.15) is 40.5 Å². The lowest BCUT2D eigenvalue weighted by Crippen LogP contribution is -2.05. The van der Waals surface area contributed by atoms with Crippen LogP contribution < -0.4 is 0 Å². The fraction of sp³-hybridized carbons (Fsp3) is 0.692.